The number of hydrogen-bond donors (Lipinski definition) is 1. The Balaban J connectivity index is 2.22. The van der Waals surface area contributed by atoms with Gasteiger partial charge in [-0.25, -0.2) is 0 Å². The van der Waals surface area contributed by atoms with Crippen LogP contribution in [0.25, 0.3) is 0 Å². The van der Waals surface area contributed by atoms with Crippen LogP contribution in [0.4, 0.5) is 5.69 Å². The number of benzene rings is 1. The van der Waals surface area contributed by atoms with Gasteiger partial charge in [0.2, 0.25) is 0 Å². The molecule has 0 unspecified atom stereocenters. The maximum atomic E-state index is 10.7. The van der Waals surface area contributed by atoms with Gasteiger partial charge in [0.25, 0.3) is 0 Å². The Morgan fingerprint density at radius 3 is 2.43 bits per heavy atom. The molecule has 2 rings (SSSR count). The van der Waals surface area contributed by atoms with Crippen molar-refractivity contribution in [2.75, 3.05) is 5.17 Å². The molecule has 1 aliphatic rings. The predicted molar refractivity (Wildman–Crippen MR) is 48.2 cm³/mol. The lowest BCUT2D eigenvalue weighted by atomic mass is 10.3. The van der Waals surface area contributed by atoms with E-state index in [1.807, 2.05) is 0 Å². The van der Waals surface area contributed by atoms with Crippen molar-refractivity contribution >= 4 is 27.7 Å². The summed E-state index contributed by atoms with van der Waals surface area (Å²) >= 11 is 5.65. The van der Waals surface area contributed by atoms with Gasteiger partial charge in [0.05, 0.1) is 5.69 Å². The molecule has 0 saturated carbocycles. The fourth-order valence-electron chi connectivity index (χ4n) is 0.873. The molecule has 6 nitrogen and oxygen atoms in total. The van der Waals surface area contributed by atoms with Gasteiger partial charge in [-0.3, -0.25) is 0 Å². The van der Waals surface area contributed by atoms with Crippen LogP contribution in [0.2, 0.25) is 5.02 Å². The molecule has 1 aromatic carbocycles. The maximum absolute atomic E-state index is 10.7. The number of nitrogens with one attached hydrogen (secondary N) is 1. The van der Waals surface area contributed by atoms with Crippen LogP contribution in [0.15, 0.2) is 24.3 Å². The molecule has 1 fully saturated rings. The lowest BCUT2D eigenvalue weighted by Gasteiger charge is -2.10. The summed E-state index contributed by atoms with van der Waals surface area (Å²) in [6, 6.07) is 6.32. The maximum Gasteiger partial charge on any atom is 0.440 e. The standard InChI is InChI=1S/C6H5ClN2O4S/c7-5-1-3-6(4-2-5)9-8-12-14(10,11)13-9/h1-4,8H. The van der Waals surface area contributed by atoms with Crippen LogP contribution in [0.3, 0.4) is 0 Å². The van der Waals surface area contributed by atoms with Crippen molar-refractivity contribution in [2.45, 2.75) is 0 Å². The minimum absolute atomic E-state index is 0.454. The van der Waals surface area contributed by atoms with Gasteiger partial charge in [0, 0.05) is 5.02 Å². The summed E-state index contributed by atoms with van der Waals surface area (Å²) in [5, 5.41) is 1.41. The molecule has 1 N–H and O–H groups in total. The smallest absolute Gasteiger partial charge is 0.165 e. The van der Waals surface area contributed by atoms with Crippen molar-refractivity contribution in [1.82, 2.24) is 5.59 Å². The first-order valence-corrected chi connectivity index (χ1v) is 5.22. The quantitative estimate of drug-likeness (QED) is 0.777. The molecular formula is C6H5ClN2O4S. The van der Waals surface area contributed by atoms with Gasteiger partial charge in [0.1, 0.15) is 0 Å². The zero-order valence-corrected chi connectivity index (χ0v) is 8.25. The Labute approximate surface area is 85.2 Å². The first-order chi connectivity index (χ1) is 6.57. The van der Waals surface area contributed by atoms with Crippen LogP contribution < -0.4 is 10.8 Å². The number of rotatable bonds is 1. The van der Waals surface area contributed by atoms with Crippen LogP contribution >= 0.6 is 11.6 Å². The highest BCUT2D eigenvalue weighted by molar-refractivity contribution is 7.82. The van der Waals surface area contributed by atoms with Crippen molar-refractivity contribution in [2.24, 2.45) is 0 Å². The molecule has 0 spiro atoms. The van der Waals surface area contributed by atoms with Crippen LogP contribution in [-0.4, -0.2) is 8.42 Å². The summed E-state index contributed by atoms with van der Waals surface area (Å²) in [6.07, 6.45) is 0. The zero-order valence-electron chi connectivity index (χ0n) is 6.68. The SMILES string of the molecule is O=S1(=O)ONN(c2ccc(Cl)cc2)O1. The van der Waals surface area contributed by atoms with Gasteiger partial charge in [-0.1, -0.05) is 17.2 Å². The lowest BCUT2D eigenvalue weighted by Crippen LogP contribution is -2.28. The van der Waals surface area contributed by atoms with Crippen LogP contribution in [-0.2, 0) is 19.0 Å². The second-order valence-electron chi connectivity index (χ2n) is 2.43. The third-order valence-corrected chi connectivity index (χ3v) is 2.31. The van der Waals surface area contributed by atoms with E-state index in [4.69, 9.17) is 11.6 Å². The summed E-state index contributed by atoms with van der Waals surface area (Å²) in [4.78, 5) is 0. The fourth-order valence-corrected chi connectivity index (χ4v) is 1.49. The molecular weight excluding hydrogens is 232 g/mol. The molecule has 1 saturated heterocycles. The molecule has 0 aliphatic carbocycles. The Bertz CT molecular complexity index is 432. The van der Waals surface area contributed by atoms with E-state index in [0.717, 1.165) is 5.17 Å². The minimum atomic E-state index is -3.97. The van der Waals surface area contributed by atoms with Crippen LogP contribution in [0.5, 0.6) is 0 Å². The van der Waals surface area contributed by atoms with E-state index >= 15 is 0 Å². The first kappa shape index (κ1) is 9.69. The highest BCUT2D eigenvalue weighted by Gasteiger charge is 2.28. The second-order valence-corrected chi connectivity index (χ2v) is 4.00. The van der Waals surface area contributed by atoms with E-state index in [1.165, 1.54) is 0 Å². The number of hydrogen-bond acceptors (Lipinski definition) is 6. The molecule has 0 radical (unpaired) electrons. The molecule has 14 heavy (non-hydrogen) atoms. The van der Waals surface area contributed by atoms with E-state index in [2.05, 4.69) is 14.2 Å². The molecule has 0 aromatic heterocycles. The number of hydrazine groups is 1. The van der Waals surface area contributed by atoms with E-state index in [-0.39, 0.29) is 0 Å². The van der Waals surface area contributed by atoms with Crippen molar-refractivity contribution in [3.8, 4) is 0 Å². The van der Waals surface area contributed by atoms with Gasteiger partial charge in [-0.2, -0.15) is 8.42 Å². The van der Waals surface area contributed by atoms with Crippen molar-refractivity contribution in [3.63, 3.8) is 0 Å². The highest BCUT2D eigenvalue weighted by atomic mass is 35.5. The molecule has 1 aliphatic heterocycles. The van der Waals surface area contributed by atoms with Gasteiger partial charge < -0.3 is 0 Å². The van der Waals surface area contributed by atoms with E-state index in [9.17, 15) is 8.42 Å². The fraction of sp³-hybridized carbons (Fsp3) is 0. The van der Waals surface area contributed by atoms with E-state index in [0.29, 0.717) is 10.7 Å². The van der Waals surface area contributed by atoms with Crippen molar-refractivity contribution in [1.29, 1.82) is 0 Å². The minimum Gasteiger partial charge on any atom is -0.165 e. The van der Waals surface area contributed by atoms with E-state index < -0.39 is 10.4 Å². The Morgan fingerprint density at radius 1 is 1.29 bits per heavy atom. The predicted octanol–water partition coefficient (Wildman–Crippen LogP) is 0.773. The summed E-state index contributed by atoms with van der Waals surface area (Å²) in [6.45, 7) is 0. The molecule has 8 heteroatoms. The number of anilines is 1. The topological polar surface area (TPSA) is 67.9 Å². The lowest BCUT2D eigenvalue weighted by molar-refractivity contribution is 0.198. The number of halogens is 1. The Hall–Kier alpha value is -0.860. The molecule has 0 bridgehead atoms. The molecule has 0 atom stereocenters. The van der Waals surface area contributed by atoms with Crippen LogP contribution in [0.1, 0.15) is 0 Å². The normalized spacial score (nSPS) is 19.9. The molecule has 1 aromatic rings. The second kappa shape index (κ2) is 3.37. The van der Waals surface area contributed by atoms with Gasteiger partial charge in [0.15, 0.2) is 0 Å². The third-order valence-electron chi connectivity index (χ3n) is 1.45. The van der Waals surface area contributed by atoms with Crippen molar-refractivity contribution < 1.29 is 17.0 Å². The van der Waals surface area contributed by atoms with Crippen LogP contribution in [0, 0.1) is 0 Å². The zero-order chi connectivity index (χ0) is 10.2. The Morgan fingerprint density at radius 2 is 1.93 bits per heavy atom. The summed E-state index contributed by atoms with van der Waals surface area (Å²) in [5.41, 5.74) is 2.52. The molecule has 1 heterocycles. The monoisotopic (exact) mass is 236 g/mol. The summed E-state index contributed by atoms with van der Waals surface area (Å²) in [5.74, 6) is 0. The average molecular weight is 237 g/mol. The van der Waals surface area contributed by atoms with Crippen molar-refractivity contribution in [3.05, 3.63) is 29.3 Å². The number of nitrogens with zero attached hydrogens (tertiary/aromatic N) is 1. The molecule has 0 amide bonds. The third kappa shape index (κ3) is 1.97. The Kier molecular flexibility index (Phi) is 2.33. The van der Waals surface area contributed by atoms with Gasteiger partial charge in [-0.15, -0.1) is 13.7 Å². The highest BCUT2D eigenvalue weighted by Crippen LogP contribution is 2.20. The van der Waals surface area contributed by atoms with Gasteiger partial charge in [-0.05, 0) is 24.3 Å². The summed E-state index contributed by atoms with van der Waals surface area (Å²) in [7, 11) is -3.97. The van der Waals surface area contributed by atoms with E-state index in [1.54, 1.807) is 24.3 Å². The first-order valence-electron chi connectivity index (χ1n) is 3.51. The summed E-state index contributed by atoms with van der Waals surface area (Å²) < 4.78 is 29.9. The average Bonchev–Trinajstić information content (AvgIpc) is 2.47. The largest absolute Gasteiger partial charge is 0.440 e. The van der Waals surface area contributed by atoms with Gasteiger partial charge >= 0.3 is 10.4 Å². The molecule has 76 valence electrons.